The second kappa shape index (κ2) is 8.25. The van der Waals surface area contributed by atoms with Gasteiger partial charge in [0.15, 0.2) is 0 Å². The second-order valence-corrected chi connectivity index (χ2v) is 4.28. The molecule has 0 aliphatic heterocycles. The molecule has 0 spiro atoms. The molecule has 0 heterocycles. The summed E-state index contributed by atoms with van der Waals surface area (Å²) < 4.78 is 0. The van der Waals surface area contributed by atoms with Crippen molar-refractivity contribution in [1.82, 2.24) is 0 Å². The molecule has 0 aromatic carbocycles. The molecule has 0 rings (SSSR count). The van der Waals surface area contributed by atoms with Crippen molar-refractivity contribution in [3.05, 3.63) is 0 Å². The Morgan fingerprint density at radius 2 is 1.21 bits per heavy atom. The molecule has 0 aromatic heterocycles. The first-order valence-corrected chi connectivity index (χ1v) is 5.99. The Morgan fingerprint density at radius 1 is 0.857 bits per heavy atom. The smallest absolute Gasteiger partial charge is 0.0590 e. The van der Waals surface area contributed by atoms with Crippen molar-refractivity contribution in [3.8, 4) is 0 Å². The van der Waals surface area contributed by atoms with Crippen LogP contribution in [0, 0.1) is 5.92 Å². The van der Waals surface area contributed by atoms with Crippen molar-refractivity contribution < 1.29 is 10.2 Å². The largest absolute Gasteiger partial charge is 0.393 e. The lowest BCUT2D eigenvalue weighted by Crippen LogP contribution is -2.29. The van der Waals surface area contributed by atoms with Crippen LogP contribution < -0.4 is 0 Å². The third-order valence-corrected chi connectivity index (χ3v) is 2.92. The molecule has 0 bridgehead atoms. The molecule has 0 aromatic rings. The molecule has 2 atom stereocenters. The van der Waals surface area contributed by atoms with E-state index in [2.05, 4.69) is 13.8 Å². The lowest BCUT2D eigenvalue weighted by atomic mass is 9.91. The second-order valence-electron chi connectivity index (χ2n) is 4.28. The molecular weight excluding hydrogens is 176 g/mol. The van der Waals surface area contributed by atoms with Crippen molar-refractivity contribution in [2.24, 2.45) is 5.92 Å². The minimum absolute atomic E-state index is 0.0214. The highest BCUT2D eigenvalue weighted by molar-refractivity contribution is 4.72. The summed E-state index contributed by atoms with van der Waals surface area (Å²) in [7, 11) is 0. The van der Waals surface area contributed by atoms with Gasteiger partial charge in [0.05, 0.1) is 12.2 Å². The summed E-state index contributed by atoms with van der Waals surface area (Å²) in [6.07, 6.45) is 5.28. The average molecular weight is 202 g/mol. The van der Waals surface area contributed by atoms with Gasteiger partial charge in [-0.2, -0.15) is 0 Å². The van der Waals surface area contributed by atoms with Crippen LogP contribution in [-0.2, 0) is 0 Å². The molecule has 0 radical (unpaired) electrons. The van der Waals surface area contributed by atoms with Gasteiger partial charge in [0, 0.05) is 5.92 Å². The molecule has 0 aliphatic carbocycles. The molecular formula is C12H26O2. The zero-order chi connectivity index (χ0) is 11.0. The highest BCUT2D eigenvalue weighted by atomic mass is 16.3. The normalized spacial score (nSPS) is 15.9. The molecule has 0 aliphatic rings. The molecule has 0 fully saturated rings. The van der Waals surface area contributed by atoms with Gasteiger partial charge in [-0.25, -0.2) is 0 Å². The van der Waals surface area contributed by atoms with Gasteiger partial charge in [-0.15, -0.1) is 0 Å². The minimum Gasteiger partial charge on any atom is -0.393 e. The van der Waals surface area contributed by atoms with E-state index in [1.807, 2.05) is 6.92 Å². The fourth-order valence-electron chi connectivity index (χ4n) is 1.61. The summed E-state index contributed by atoms with van der Waals surface area (Å²) in [5.74, 6) is 0.0214. The van der Waals surface area contributed by atoms with Gasteiger partial charge in [0.1, 0.15) is 0 Å². The molecule has 14 heavy (non-hydrogen) atoms. The third-order valence-electron chi connectivity index (χ3n) is 2.92. The SMILES string of the molecule is CCCC[C@H](O)C(C)[C@@H](O)CCCC. The van der Waals surface area contributed by atoms with Crippen molar-refractivity contribution >= 4 is 0 Å². The first-order chi connectivity index (χ1) is 6.63. The topological polar surface area (TPSA) is 40.5 Å². The quantitative estimate of drug-likeness (QED) is 0.635. The lowest BCUT2D eigenvalue weighted by molar-refractivity contribution is 0.0119. The number of rotatable bonds is 8. The van der Waals surface area contributed by atoms with Gasteiger partial charge in [-0.3, -0.25) is 0 Å². The first-order valence-electron chi connectivity index (χ1n) is 5.99. The molecule has 0 saturated carbocycles. The fourth-order valence-corrected chi connectivity index (χ4v) is 1.61. The monoisotopic (exact) mass is 202 g/mol. The van der Waals surface area contributed by atoms with Gasteiger partial charge < -0.3 is 10.2 Å². The molecule has 2 heteroatoms. The summed E-state index contributed by atoms with van der Waals surface area (Å²) in [4.78, 5) is 0. The van der Waals surface area contributed by atoms with Gasteiger partial charge in [-0.1, -0.05) is 46.5 Å². The predicted molar refractivity (Wildman–Crippen MR) is 60.2 cm³/mol. The predicted octanol–water partition coefficient (Wildman–Crippen LogP) is 2.72. The van der Waals surface area contributed by atoms with Crippen LogP contribution in [0.5, 0.6) is 0 Å². The molecule has 2 N–H and O–H groups in total. The Bertz CT molecular complexity index is 111. The van der Waals surface area contributed by atoms with Crippen LogP contribution in [0.25, 0.3) is 0 Å². The number of aliphatic hydroxyl groups is 2. The van der Waals surface area contributed by atoms with E-state index < -0.39 is 0 Å². The van der Waals surface area contributed by atoms with E-state index in [1.165, 1.54) is 0 Å². The van der Waals surface area contributed by atoms with Crippen LogP contribution in [0.2, 0.25) is 0 Å². The number of hydrogen-bond donors (Lipinski definition) is 2. The Hall–Kier alpha value is -0.0800. The lowest BCUT2D eigenvalue weighted by Gasteiger charge is -2.23. The van der Waals surface area contributed by atoms with Crippen LogP contribution in [-0.4, -0.2) is 22.4 Å². The molecule has 0 unspecified atom stereocenters. The van der Waals surface area contributed by atoms with Crippen LogP contribution in [0.1, 0.15) is 59.3 Å². The van der Waals surface area contributed by atoms with E-state index in [0.717, 1.165) is 38.5 Å². The fraction of sp³-hybridized carbons (Fsp3) is 1.00. The van der Waals surface area contributed by atoms with Gasteiger partial charge in [0.25, 0.3) is 0 Å². The van der Waals surface area contributed by atoms with Crippen molar-refractivity contribution in [2.75, 3.05) is 0 Å². The molecule has 0 saturated heterocycles. The zero-order valence-corrected chi connectivity index (χ0v) is 9.87. The van der Waals surface area contributed by atoms with Crippen LogP contribution >= 0.6 is 0 Å². The highest BCUT2D eigenvalue weighted by Gasteiger charge is 2.21. The van der Waals surface area contributed by atoms with Crippen LogP contribution in [0.4, 0.5) is 0 Å². The van der Waals surface area contributed by atoms with E-state index in [-0.39, 0.29) is 18.1 Å². The minimum atomic E-state index is -0.332. The van der Waals surface area contributed by atoms with E-state index in [4.69, 9.17) is 0 Å². The Labute approximate surface area is 88.3 Å². The zero-order valence-electron chi connectivity index (χ0n) is 9.87. The highest BCUT2D eigenvalue weighted by Crippen LogP contribution is 2.18. The maximum absolute atomic E-state index is 9.76. The van der Waals surface area contributed by atoms with E-state index in [9.17, 15) is 10.2 Å². The van der Waals surface area contributed by atoms with Crippen LogP contribution in [0.15, 0.2) is 0 Å². The van der Waals surface area contributed by atoms with Gasteiger partial charge in [0.2, 0.25) is 0 Å². The number of unbranched alkanes of at least 4 members (excludes halogenated alkanes) is 2. The maximum Gasteiger partial charge on any atom is 0.0590 e. The van der Waals surface area contributed by atoms with E-state index in [1.54, 1.807) is 0 Å². The summed E-state index contributed by atoms with van der Waals surface area (Å²) in [6.45, 7) is 6.18. The number of hydrogen-bond acceptors (Lipinski definition) is 2. The van der Waals surface area contributed by atoms with Crippen molar-refractivity contribution in [1.29, 1.82) is 0 Å². The number of aliphatic hydroxyl groups excluding tert-OH is 2. The van der Waals surface area contributed by atoms with Gasteiger partial charge in [-0.05, 0) is 12.8 Å². The molecule has 86 valence electrons. The summed E-state index contributed by atoms with van der Waals surface area (Å²) >= 11 is 0. The van der Waals surface area contributed by atoms with Crippen molar-refractivity contribution in [3.63, 3.8) is 0 Å². The standard InChI is InChI=1S/C12H26O2/c1-4-6-8-11(13)10(3)12(14)9-7-5-2/h10-14H,4-9H2,1-3H3/t11-,12-/m0/s1. The van der Waals surface area contributed by atoms with Crippen molar-refractivity contribution in [2.45, 2.75) is 71.5 Å². The average Bonchev–Trinajstić information content (AvgIpc) is 2.21. The van der Waals surface area contributed by atoms with Gasteiger partial charge >= 0.3 is 0 Å². The Morgan fingerprint density at radius 3 is 1.50 bits per heavy atom. The summed E-state index contributed by atoms with van der Waals surface area (Å²) in [6, 6.07) is 0. The first kappa shape index (κ1) is 13.9. The Balaban J connectivity index is 3.72. The van der Waals surface area contributed by atoms with E-state index in [0.29, 0.717) is 0 Å². The summed E-state index contributed by atoms with van der Waals surface area (Å²) in [5.41, 5.74) is 0. The molecule has 0 amide bonds. The molecule has 2 nitrogen and oxygen atoms in total. The van der Waals surface area contributed by atoms with E-state index >= 15 is 0 Å². The maximum atomic E-state index is 9.76. The van der Waals surface area contributed by atoms with Crippen LogP contribution in [0.3, 0.4) is 0 Å². The third kappa shape index (κ3) is 5.61. The Kier molecular flexibility index (Phi) is 8.20. The summed E-state index contributed by atoms with van der Waals surface area (Å²) in [5, 5.41) is 19.5.